The molecule has 7 heteroatoms. The van der Waals surface area contributed by atoms with Gasteiger partial charge >= 0.3 is 0 Å². The average Bonchev–Trinajstić information content (AvgIpc) is 2.84. The summed E-state index contributed by atoms with van der Waals surface area (Å²) in [5.74, 6) is -0.898. The molecule has 2 amide bonds. The number of nitrogens with one attached hydrogen (secondary N) is 1. The van der Waals surface area contributed by atoms with Crippen molar-refractivity contribution in [3.05, 3.63) is 16.1 Å². The van der Waals surface area contributed by atoms with Crippen LogP contribution in [0.3, 0.4) is 0 Å². The Kier molecular flexibility index (Phi) is 5.44. The van der Waals surface area contributed by atoms with Crippen LogP contribution in [0.1, 0.15) is 42.2 Å². The molecule has 1 aromatic rings. The number of nitrogens with zero attached hydrogens (tertiary/aromatic N) is 1. The summed E-state index contributed by atoms with van der Waals surface area (Å²) in [6.45, 7) is 4.12. The molecule has 1 aromatic heterocycles. The second-order valence-corrected chi connectivity index (χ2v) is 5.22. The van der Waals surface area contributed by atoms with Crippen LogP contribution in [0.4, 0.5) is 0 Å². The minimum absolute atomic E-state index is 0.306. The Hall–Kier alpha value is -1.47. The third kappa shape index (κ3) is 3.51. The lowest BCUT2D eigenvalue weighted by molar-refractivity contribution is -0.124. The average molecular weight is 284 g/mol. The second kappa shape index (κ2) is 6.63. The largest absolute Gasteiger partial charge is 0.368 e. The summed E-state index contributed by atoms with van der Waals surface area (Å²) in [6.07, 6.45) is 1.54. The molecule has 0 bridgehead atoms. The van der Waals surface area contributed by atoms with Gasteiger partial charge in [-0.25, -0.2) is 4.98 Å². The molecule has 0 aromatic carbocycles. The van der Waals surface area contributed by atoms with E-state index in [4.69, 9.17) is 11.5 Å². The van der Waals surface area contributed by atoms with Crippen LogP contribution in [0, 0.1) is 0 Å². The van der Waals surface area contributed by atoms with Crippen LogP contribution >= 0.6 is 11.3 Å². The van der Waals surface area contributed by atoms with E-state index >= 15 is 0 Å². The van der Waals surface area contributed by atoms with Crippen molar-refractivity contribution < 1.29 is 9.59 Å². The third-order valence-electron chi connectivity index (χ3n) is 3.17. The predicted octanol–water partition coefficient (Wildman–Crippen LogP) is 0.418. The lowest BCUT2D eigenvalue weighted by Crippen LogP contribution is -2.56. The van der Waals surface area contributed by atoms with Gasteiger partial charge in [-0.1, -0.05) is 13.8 Å². The van der Waals surface area contributed by atoms with Crippen molar-refractivity contribution in [1.82, 2.24) is 10.3 Å². The molecule has 1 heterocycles. The fourth-order valence-electron chi connectivity index (χ4n) is 1.77. The number of nitrogens with two attached hydrogens (primary N) is 2. The molecule has 0 unspecified atom stereocenters. The van der Waals surface area contributed by atoms with Gasteiger partial charge in [0.05, 0.1) is 5.01 Å². The van der Waals surface area contributed by atoms with E-state index in [-0.39, 0.29) is 5.91 Å². The van der Waals surface area contributed by atoms with Gasteiger partial charge < -0.3 is 16.8 Å². The Labute approximate surface area is 116 Å². The second-order valence-electron chi connectivity index (χ2n) is 4.27. The highest BCUT2D eigenvalue weighted by molar-refractivity contribution is 7.09. The van der Waals surface area contributed by atoms with Gasteiger partial charge in [-0.2, -0.15) is 0 Å². The number of carbonyl (C=O) groups excluding carboxylic acids is 2. The summed E-state index contributed by atoms with van der Waals surface area (Å²) in [5, 5.41) is 5.18. The van der Waals surface area contributed by atoms with Crippen molar-refractivity contribution in [1.29, 1.82) is 0 Å². The highest BCUT2D eigenvalue weighted by atomic mass is 32.1. The fraction of sp³-hybridized carbons (Fsp3) is 0.583. The van der Waals surface area contributed by atoms with Crippen molar-refractivity contribution >= 4 is 23.2 Å². The van der Waals surface area contributed by atoms with Gasteiger partial charge in [-0.05, 0) is 19.4 Å². The number of hydrogen-bond acceptors (Lipinski definition) is 5. The minimum atomic E-state index is -1.01. The van der Waals surface area contributed by atoms with Crippen molar-refractivity contribution in [2.24, 2.45) is 11.5 Å². The van der Waals surface area contributed by atoms with Crippen LogP contribution < -0.4 is 16.8 Å². The summed E-state index contributed by atoms with van der Waals surface area (Å²) in [4.78, 5) is 27.8. The maximum Gasteiger partial charge on any atom is 0.271 e. The Morgan fingerprint density at radius 1 is 1.42 bits per heavy atom. The molecular formula is C12H20N4O2S. The van der Waals surface area contributed by atoms with Crippen LogP contribution in [0.25, 0.3) is 0 Å². The van der Waals surface area contributed by atoms with Crippen molar-refractivity contribution in [2.75, 3.05) is 6.54 Å². The van der Waals surface area contributed by atoms with Gasteiger partial charge in [-0.15, -0.1) is 11.3 Å². The van der Waals surface area contributed by atoms with Crippen LogP contribution in [-0.4, -0.2) is 28.9 Å². The quantitative estimate of drug-likeness (QED) is 0.673. The topological polar surface area (TPSA) is 111 Å². The number of thiazole rings is 1. The molecular weight excluding hydrogens is 264 g/mol. The first kappa shape index (κ1) is 15.6. The first-order valence-electron chi connectivity index (χ1n) is 6.26. The maximum absolute atomic E-state index is 12.1. The number of rotatable bonds is 7. The van der Waals surface area contributed by atoms with Gasteiger partial charge in [-0.3, -0.25) is 9.59 Å². The lowest BCUT2D eigenvalue weighted by Gasteiger charge is -2.28. The standard InChI is InChI=1S/C12H20N4O2S/c1-3-12(4-2,11(14)18)16-10(17)8-7-19-9(15-8)5-6-13/h7H,3-6,13H2,1-2H3,(H2,14,18)(H,16,17). The molecule has 0 aliphatic heterocycles. The van der Waals surface area contributed by atoms with E-state index in [0.29, 0.717) is 31.5 Å². The minimum Gasteiger partial charge on any atom is -0.368 e. The third-order valence-corrected chi connectivity index (χ3v) is 4.08. The number of amides is 2. The fourth-order valence-corrected chi connectivity index (χ4v) is 2.57. The molecule has 0 aliphatic rings. The summed E-state index contributed by atoms with van der Waals surface area (Å²) >= 11 is 1.38. The Bertz CT molecular complexity index is 454. The SMILES string of the molecule is CCC(CC)(NC(=O)c1csc(CCN)n1)C(N)=O. The first-order valence-corrected chi connectivity index (χ1v) is 7.14. The van der Waals surface area contributed by atoms with Crippen LogP contribution in [-0.2, 0) is 11.2 Å². The molecule has 0 aliphatic carbocycles. The monoisotopic (exact) mass is 284 g/mol. The van der Waals surface area contributed by atoms with Crippen molar-refractivity contribution in [3.8, 4) is 0 Å². The number of hydrogen-bond donors (Lipinski definition) is 3. The van der Waals surface area contributed by atoms with Gasteiger partial charge in [0.1, 0.15) is 11.2 Å². The summed E-state index contributed by atoms with van der Waals surface area (Å²) < 4.78 is 0. The summed E-state index contributed by atoms with van der Waals surface area (Å²) in [7, 11) is 0. The zero-order valence-electron chi connectivity index (χ0n) is 11.2. The van der Waals surface area contributed by atoms with E-state index in [9.17, 15) is 9.59 Å². The molecule has 0 atom stereocenters. The zero-order valence-corrected chi connectivity index (χ0v) is 12.0. The van der Waals surface area contributed by atoms with E-state index in [0.717, 1.165) is 5.01 Å². The highest BCUT2D eigenvalue weighted by Crippen LogP contribution is 2.17. The van der Waals surface area contributed by atoms with E-state index in [1.54, 1.807) is 5.38 Å². The molecule has 106 valence electrons. The molecule has 0 saturated carbocycles. The Morgan fingerprint density at radius 3 is 2.53 bits per heavy atom. The molecule has 0 spiro atoms. The Morgan fingerprint density at radius 2 is 2.05 bits per heavy atom. The first-order chi connectivity index (χ1) is 8.99. The molecule has 0 fully saturated rings. The summed E-state index contributed by atoms with van der Waals surface area (Å²) in [5.41, 5.74) is 10.1. The van der Waals surface area contributed by atoms with Crippen LogP contribution in [0.15, 0.2) is 5.38 Å². The van der Waals surface area contributed by atoms with Crippen LogP contribution in [0.5, 0.6) is 0 Å². The van der Waals surface area contributed by atoms with E-state index in [1.165, 1.54) is 11.3 Å². The molecule has 0 radical (unpaired) electrons. The lowest BCUT2D eigenvalue weighted by atomic mass is 9.92. The zero-order chi connectivity index (χ0) is 14.5. The number of aromatic nitrogens is 1. The molecule has 1 rings (SSSR count). The van der Waals surface area contributed by atoms with Crippen molar-refractivity contribution in [2.45, 2.75) is 38.6 Å². The Balaban J connectivity index is 2.84. The predicted molar refractivity (Wildman–Crippen MR) is 74.8 cm³/mol. The molecule has 5 N–H and O–H groups in total. The van der Waals surface area contributed by atoms with E-state index < -0.39 is 11.4 Å². The van der Waals surface area contributed by atoms with E-state index in [1.807, 2.05) is 13.8 Å². The highest BCUT2D eigenvalue weighted by Gasteiger charge is 2.35. The van der Waals surface area contributed by atoms with Crippen LogP contribution in [0.2, 0.25) is 0 Å². The number of primary amides is 1. The number of carbonyl (C=O) groups is 2. The molecule has 0 saturated heterocycles. The van der Waals surface area contributed by atoms with E-state index in [2.05, 4.69) is 10.3 Å². The molecule has 6 nitrogen and oxygen atoms in total. The molecule has 19 heavy (non-hydrogen) atoms. The normalized spacial score (nSPS) is 11.3. The van der Waals surface area contributed by atoms with Gasteiger partial charge in [0.25, 0.3) is 5.91 Å². The van der Waals surface area contributed by atoms with Gasteiger partial charge in [0.2, 0.25) is 5.91 Å². The van der Waals surface area contributed by atoms with Crippen molar-refractivity contribution in [3.63, 3.8) is 0 Å². The maximum atomic E-state index is 12.1. The van der Waals surface area contributed by atoms with Gasteiger partial charge in [0, 0.05) is 11.8 Å². The smallest absolute Gasteiger partial charge is 0.271 e. The summed E-state index contributed by atoms with van der Waals surface area (Å²) in [6, 6.07) is 0. The van der Waals surface area contributed by atoms with Gasteiger partial charge in [0.15, 0.2) is 0 Å².